The van der Waals surface area contributed by atoms with E-state index in [4.69, 9.17) is 5.73 Å². The Kier molecular flexibility index (Phi) is 6.46. The molecule has 0 aliphatic carbocycles. The first-order chi connectivity index (χ1) is 16.3. The van der Waals surface area contributed by atoms with Crippen LogP contribution in [-0.2, 0) is 20.5 Å². The lowest BCUT2D eigenvalue weighted by Crippen LogP contribution is -2.41. The van der Waals surface area contributed by atoms with Gasteiger partial charge in [0, 0.05) is 37.7 Å². The number of hydrogen-bond acceptors (Lipinski definition) is 8. The number of rotatable bonds is 7. The summed E-state index contributed by atoms with van der Waals surface area (Å²) in [6.07, 6.45) is 4.25. The van der Waals surface area contributed by atoms with Crippen LogP contribution in [0.25, 0.3) is 17.1 Å². The standard InChI is InChI=1S/C23H23N7O3S/c1-4-14-5-7-16(8-6-14)30-20(15-9-11-25-12-10-15)26-27-22(30)34-13-17(31)18-19(24)28(2)23(33)29(3)21(18)32/h5-12H,4,13,24H2,1-3H3. The SMILES string of the molecule is CCc1ccc(-n2c(SCC(=O)c3c(N)n(C)c(=O)n(C)c3=O)nnc2-c2ccncc2)cc1. The smallest absolute Gasteiger partial charge is 0.332 e. The van der Waals surface area contributed by atoms with Crippen molar-refractivity contribution in [3.05, 3.63) is 80.8 Å². The number of carbonyl (C=O) groups excluding carboxylic acids is 1. The summed E-state index contributed by atoms with van der Waals surface area (Å²) < 4.78 is 3.81. The molecule has 0 saturated heterocycles. The van der Waals surface area contributed by atoms with Crippen LogP contribution in [0.2, 0.25) is 0 Å². The Morgan fingerprint density at radius 3 is 2.32 bits per heavy atom. The summed E-state index contributed by atoms with van der Waals surface area (Å²) in [5, 5.41) is 9.13. The maximum Gasteiger partial charge on any atom is 0.332 e. The van der Waals surface area contributed by atoms with Crippen molar-refractivity contribution in [2.75, 3.05) is 11.5 Å². The Hall–Kier alpha value is -3.99. The summed E-state index contributed by atoms with van der Waals surface area (Å²) in [5.41, 5.74) is 7.24. The molecule has 0 bridgehead atoms. The molecule has 3 heterocycles. The lowest BCUT2D eigenvalue weighted by atomic mass is 10.1. The van der Waals surface area contributed by atoms with Crippen molar-refractivity contribution >= 4 is 23.4 Å². The second kappa shape index (κ2) is 9.48. The van der Waals surface area contributed by atoms with Gasteiger partial charge in [-0.1, -0.05) is 30.8 Å². The highest BCUT2D eigenvalue weighted by molar-refractivity contribution is 7.99. The first-order valence-electron chi connectivity index (χ1n) is 10.5. The van der Waals surface area contributed by atoms with E-state index in [2.05, 4.69) is 22.1 Å². The number of pyridine rings is 1. The van der Waals surface area contributed by atoms with Crippen molar-refractivity contribution in [2.45, 2.75) is 18.5 Å². The molecule has 2 N–H and O–H groups in total. The Balaban J connectivity index is 1.72. The molecule has 0 aliphatic heterocycles. The largest absolute Gasteiger partial charge is 0.384 e. The quantitative estimate of drug-likeness (QED) is 0.315. The lowest BCUT2D eigenvalue weighted by Gasteiger charge is -2.12. The van der Waals surface area contributed by atoms with Crippen LogP contribution in [0.5, 0.6) is 0 Å². The van der Waals surface area contributed by atoms with Gasteiger partial charge in [0.05, 0.1) is 5.75 Å². The van der Waals surface area contributed by atoms with E-state index >= 15 is 0 Å². The molecule has 4 rings (SSSR count). The number of nitrogen functional groups attached to an aromatic ring is 1. The van der Waals surface area contributed by atoms with Gasteiger partial charge in [0.2, 0.25) is 0 Å². The Morgan fingerprint density at radius 1 is 1.00 bits per heavy atom. The summed E-state index contributed by atoms with van der Waals surface area (Å²) in [4.78, 5) is 41.7. The zero-order valence-electron chi connectivity index (χ0n) is 18.9. The molecule has 0 spiro atoms. The minimum Gasteiger partial charge on any atom is -0.384 e. The molecule has 0 amide bonds. The minimum absolute atomic E-state index is 0.112. The van der Waals surface area contributed by atoms with Crippen LogP contribution in [0.1, 0.15) is 22.8 Å². The van der Waals surface area contributed by atoms with E-state index in [1.165, 1.54) is 19.7 Å². The number of Topliss-reactive ketones (excluding diaryl/α,β-unsaturated/α-hetero) is 1. The van der Waals surface area contributed by atoms with Gasteiger partial charge in [0.15, 0.2) is 16.8 Å². The fraction of sp³-hybridized carbons (Fsp3) is 0.217. The number of ketones is 1. The van der Waals surface area contributed by atoms with Crippen LogP contribution in [0.15, 0.2) is 63.5 Å². The highest BCUT2D eigenvalue weighted by atomic mass is 32.2. The second-order valence-electron chi connectivity index (χ2n) is 7.58. The van der Waals surface area contributed by atoms with E-state index in [-0.39, 0.29) is 17.1 Å². The predicted molar refractivity (Wildman–Crippen MR) is 130 cm³/mol. The summed E-state index contributed by atoms with van der Waals surface area (Å²) in [7, 11) is 2.73. The maximum atomic E-state index is 13.0. The van der Waals surface area contributed by atoms with Crippen molar-refractivity contribution in [1.82, 2.24) is 28.9 Å². The summed E-state index contributed by atoms with van der Waals surface area (Å²) in [6.45, 7) is 2.08. The molecule has 0 unspecified atom stereocenters. The van der Waals surface area contributed by atoms with E-state index in [1.54, 1.807) is 12.4 Å². The highest BCUT2D eigenvalue weighted by Crippen LogP contribution is 2.28. The van der Waals surface area contributed by atoms with E-state index in [0.717, 1.165) is 38.6 Å². The number of hydrogen-bond donors (Lipinski definition) is 1. The summed E-state index contributed by atoms with van der Waals surface area (Å²) in [6, 6.07) is 11.7. The third-order valence-electron chi connectivity index (χ3n) is 5.50. The van der Waals surface area contributed by atoms with Gasteiger partial charge in [-0.15, -0.1) is 10.2 Å². The maximum absolute atomic E-state index is 13.0. The molecular weight excluding hydrogens is 454 g/mol. The number of aromatic nitrogens is 6. The van der Waals surface area contributed by atoms with E-state index in [9.17, 15) is 14.4 Å². The Bertz CT molecular complexity index is 1470. The van der Waals surface area contributed by atoms with E-state index in [0.29, 0.717) is 11.0 Å². The van der Waals surface area contributed by atoms with Crippen molar-refractivity contribution in [1.29, 1.82) is 0 Å². The number of carbonyl (C=O) groups is 1. The molecule has 0 saturated carbocycles. The highest BCUT2D eigenvalue weighted by Gasteiger charge is 2.22. The van der Waals surface area contributed by atoms with Crippen LogP contribution in [0, 0.1) is 0 Å². The van der Waals surface area contributed by atoms with E-state index in [1.807, 2.05) is 41.0 Å². The zero-order chi connectivity index (χ0) is 24.4. The average molecular weight is 478 g/mol. The van der Waals surface area contributed by atoms with Crippen LogP contribution in [0.3, 0.4) is 0 Å². The van der Waals surface area contributed by atoms with Crippen LogP contribution >= 0.6 is 11.8 Å². The van der Waals surface area contributed by atoms with Crippen LogP contribution < -0.4 is 17.0 Å². The molecule has 0 atom stereocenters. The average Bonchev–Trinajstić information content (AvgIpc) is 3.29. The van der Waals surface area contributed by atoms with Crippen molar-refractivity contribution in [3.8, 4) is 17.1 Å². The summed E-state index contributed by atoms with van der Waals surface area (Å²) in [5.74, 6) is -0.175. The van der Waals surface area contributed by atoms with Crippen LogP contribution in [-0.4, -0.2) is 40.4 Å². The van der Waals surface area contributed by atoms with Gasteiger partial charge in [0.1, 0.15) is 11.4 Å². The molecule has 0 radical (unpaired) electrons. The molecule has 3 aromatic heterocycles. The monoisotopic (exact) mass is 477 g/mol. The molecule has 0 fully saturated rings. The molecular formula is C23H23N7O3S. The number of anilines is 1. The molecule has 10 nitrogen and oxygen atoms in total. The predicted octanol–water partition coefficient (Wildman–Crippen LogP) is 1.85. The van der Waals surface area contributed by atoms with Crippen molar-refractivity contribution in [3.63, 3.8) is 0 Å². The number of nitrogens with zero attached hydrogens (tertiary/aromatic N) is 6. The fourth-order valence-electron chi connectivity index (χ4n) is 3.49. The molecule has 174 valence electrons. The lowest BCUT2D eigenvalue weighted by molar-refractivity contribution is 0.102. The van der Waals surface area contributed by atoms with Crippen molar-refractivity contribution in [2.24, 2.45) is 14.1 Å². The number of aryl methyl sites for hydroxylation is 1. The number of benzene rings is 1. The summed E-state index contributed by atoms with van der Waals surface area (Å²) >= 11 is 1.14. The molecule has 11 heteroatoms. The third-order valence-corrected chi connectivity index (χ3v) is 6.42. The van der Waals surface area contributed by atoms with Gasteiger partial charge in [-0.25, -0.2) is 4.79 Å². The number of nitrogens with two attached hydrogens (primary N) is 1. The normalized spacial score (nSPS) is 11.0. The van der Waals surface area contributed by atoms with Gasteiger partial charge < -0.3 is 5.73 Å². The van der Waals surface area contributed by atoms with Gasteiger partial charge in [-0.2, -0.15) is 0 Å². The first-order valence-corrected chi connectivity index (χ1v) is 11.5. The van der Waals surface area contributed by atoms with Gasteiger partial charge >= 0.3 is 5.69 Å². The topological polar surface area (TPSA) is 131 Å². The van der Waals surface area contributed by atoms with Gasteiger partial charge in [-0.3, -0.25) is 28.3 Å². The molecule has 0 aliphatic rings. The number of thioether (sulfide) groups is 1. The molecule has 34 heavy (non-hydrogen) atoms. The Morgan fingerprint density at radius 2 is 1.68 bits per heavy atom. The molecule has 1 aromatic carbocycles. The minimum atomic E-state index is -0.722. The third kappa shape index (κ3) is 4.17. The van der Waals surface area contributed by atoms with Gasteiger partial charge in [-0.05, 0) is 36.2 Å². The fourth-order valence-corrected chi connectivity index (χ4v) is 4.31. The second-order valence-corrected chi connectivity index (χ2v) is 8.52. The van der Waals surface area contributed by atoms with E-state index < -0.39 is 17.0 Å². The molecule has 4 aromatic rings. The zero-order valence-corrected chi connectivity index (χ0v) is 19.7. The Labute approximate surface area is 199 Å². The van der Waals surface area contributed by atoms with Gasteiger partial charge in [0.25, 0.3) is 5.56 Å². The first kappa shape index (κ1) is 23.2. The van der Waals surface area contributed by atoms with Crippen molar-refractivity contribution < 1.29 is 4.79 Å². The van der Waals surface area contributed by atoms with Crippen LogP contribution in [0.4, 0.5) is 5.82 Å².